The molecular formula is C12H26O2. The van der Waals surface area contributed by atoms with Crippen LogP contribution in [-0.4, -0.2) is 22.4 Å². The zero-order valence-electron chi connectivity index (χ0n) is 9.87. The lowest BCUT2D eigenvalue weighted by Crippen LogP contribution is -2.31. The Hall–Kier alpha value is -0.0800. The Morgan fingerprint density at radius 2 is 1.07 bits per heavy atom. The van der Waals surface area contributed by atoms with Crippen LogP contribution in [0.2, 0.25) is 0 Å². The molecule has 86 valence electrons. The standard InChI is InChI=1S/C12H26O2/c1-4-7-10(11(13)8-5-2)12(14)9-6-3/h10-14H,4-9H2,1-3H3. The molecule has 2 unspecified atom stereocenters. The van der Waals surface area contributed by atoms with Crippen LogP contribution < -0.4 is 0 Å². The lowest BCUT2D eigenvalue weighted by atomic mass is 9.87. The van der Waals surface area contributed by atoms with Crippen molar-refractivity contribution < 1.29 is 10.2 Å². The number of hydrogen-bond donors (Lipinski definition) is 2. The first-order chi connectivity index (χ1) is 6.67. The predicted molar refractivity (Wildman–Crippen MR) is 60.2 cm³/mol. The lowest BCUT2D eigenvalue weighted by molar-refractivity contribution is -0.000738. The van der Waals surface area contributed by atoms with Gasteiger partial charge in [0.1, 0.15) is 0 Å². The zero-order valence-corrected chi connectivity index (χ0v) is 9.87. The summed E-state index contributed by atoms with van der Waals surface area (Å²) in [4.78, 5) is 0. The van der Waals surface area contributed by atoms with Crippen molar-refractivity contribution in [3.05, 3.63) is 0 Å². The first kappa shape index (κ1) is 13.9. The highest BCUT2D eigenvalue weighted by Crippen LogP contribution is 2.22. The average Bonchev–Trinajstić information content (AvgIpc) is 2.14. The highest BCUT2D eigenvalue weighted by molar-refractivity contribution is 4.75. The number of rotatable bonds is 8. The fourth-order valence-electron chi connectivity index (χ4n) is 1.99. The first-order valence-electron chi connectivity index (χ1n) is 6.03. The summed E-state index contributed by atoms with van der Waals surface area (Å²) in [5.41, 5.74) is 0. The lowest BCUT2D eigenvalue weighted by Gasteiger charge is -2.27. The van der Waals surface area contributed by atoms with E-state index in [2.05, 4.69) is 20.8 Å². The number of aliphatic hydroxyl groups excluding tert-OH is 2. The predicted octanol–water partition coefficient (Wildman–Crippen LogP) is 2.72. The summed E-state index contributed by atoms with van der Waals surface area (Å²) in [6, 6.07) is 0. The molecule has 0 saturated carbocycles. The molecule has 0 saturated heterocycles. The van der Waals surface area contributed by atoms with Crippen LogP contribution in [0.3, 0.4) is 0 Å². The van der Waals surface area contributed by atoms with Crippen LogP contribution >= 0.6 is 0 Å². The zero-order chi connectivity index (χ0) is 11.0. The summed E-state index contributed by atoms with van der Waals surface area (Å²) in [5.74, 6) is 0.0832. The number of hydrogen-bond acceptors (Lipinski definition) is 2. The molecule has 2 atom stereocenters. The van der Waals surface area contributed by atoms with Gasteiger partial charge in [-0.05, 0) is 19.3 Å². The van der Waals surface area contributed by atoms with E-state index in [0.29, 0.717) is 0 Å². The fraction of sp³-hybridized carbons (Fsp3) is 1.00. The molecule has 0 bridgehead atoms. The van der Waals surface area contributed by atoms with Gasteiger partial charge in [0, 0.05) is 5.92 Å². The smallest absolute Gasteiger partial charge is 0.0593 e. The molecule has 0 aliphatic heterocycles. The molecule has 0 radical (unpaired) electrons. The Balaban J connectivity index is 4.10. The van der Waals surface area contributed by atoms with Crippen molar-refractivity contribution in [2.75, 3.05) is 0 Å². The summed E-state index contributed by atoms with van der Waals surface area (Å²) in [6.07, 6.45) is 4.93. The van der Waals surface area contributed by atoms with E-state index in [-0.39, 0.29) is 18.1 Å². The van der Waals surface area contributed by atoms with Crippen molar-refractivity contribution in [2.24, 2.45) is 5.92 Å². The highest BCUT2D eigenvalue weighted by Gasteiger charge is 2.24. The van der Waals surface area contributed by atoms with E-state index in [1.807, 2.05) is 0 Å². The van der Waals surface area contributed by atoms with E-state index >= 15 is 0 Å². The van der Waals surface area contributed by atoms with Gasteiger partial charge in [0.05, 0.1) is 12.2 Å². The molecule has 14 heavy (non-hydrogen) atoms. The molecule has 0 aliphatic carbocycles. The molecule has 0 aromatic heterocycles. The third-order valence-corrected chi connectivity index (χ3v) is 2.78. The van der Waals surface area contributed by atoms with Crippen LogP contribution in [0.25, 0.3) is 0 Å². The Labute approximate surface area is 88.3 Å². The third kappa shape index (κ3) is 4.97. The van der Waals surface area contributed by atoms with Gasteiger partial charge in [-0.3, -0.25) is 0 Å². The van der Waals surface area contributed by atoms with E-state index in [1.165, 1.54) is 0 Å². The van der Waals surface area contributed by atoms with Gasteiger partial charge in [-0.2, -0.15) is 0 Å². The van der Waals surface area contributed by atoms with Crippen molar-refractivity contribution >= 4 is 0 Å². The molecule has 0 spiro atoms. The molecule has 0 aliphatic rings. The maximum atomic E-state index is 9.88. The maximum Gasteiger partial charge on any atom is 0.0593 e. The molecule has 0 rings (SSSR count). The summed E-state index contributed by atoms with van der Waals surface area (Å²) >= 11 is 0. The van der Waals surface area contributed by atoms with Crippen molar-refractivity contribution in [3.8, 4) is 0 Å². The Morgan fingerprint density at radius 3 is 1.36 bits per heavy atom. The van der Waals surface area contributed by atoms with Crippen LogP contribution in [0.5, 0.6) is 0 Å². The summed E-state index contributed by atoms with van der Waals surface area (Å²) in [5, 5.41) is 19.8. The minimum atomic E-state index is -0.318. The normalized spacial score (nSPS) is 17.8. The van der Waals surface area contributed by atoms with Crippen LogP contribution in [0, 0.1) is 5.92 Å². The second kappa shape index (κ2) is 8.25. The van der Waals surface area contributed by atoms with Gasteiger partial charge in [0.25, 0.3) is 0 Å². The van der Waals surface area contributed by atoms with Crippen molar-refractivity contribution in [1.29, 1.82) is 0 Å². The largest absolute Gasteiger partial charge is 0.393 e. The highest BCUT2D eigenvalue weighted by atomic mass is 16.3. The van der Waals surface area contributed by atoms with Crippen LogP contribution in [-0.2, 0) is 0 Å². The minimum Gasteiger partial charge on any atom is -0.393 e. The van der Waals surface area contributed by atoms with Gasteiger partial charge in [-0.15, -0.1) is 0 Å². The van der Waals surface area contributed by atoms with Crippen LogP contribution in [0.15, 0.2) is 0 Å². The molecular weight excluding hydrogens is 176 g/mol. The third-order valence-electron chi connectivity index (χ3n) is 2.78. The van der Waals surface area contributed by atoms with Gasteiger partial charge in [0.2, 0.25) is 0 Å². The van der Waals surface area contributed by atoms with Gasteiger partial charge < -0.3 is 10.2 Å². The van der Waals surface area contributed by atoms with Crippen molar-refractivity contribution in [3.63, 3.8) is 0 Å². The summed E-state index contributed by atoms with van der Waals surface area (Å²) < 4.78 is 0. The minimum absolute atomic E-state index is 0.0832. The van der Waals surface area contributed by atoms with Crippen molar-refractivity contribution in [1.82, 2.24) is 0 Å². The van der Waals surface area contributed by atoms with Gasteiger partial charge in [-0.25, -0.2) is 0 Å². The SMILES string of the molecule is CCCC(O)C(CCC)C(O)CCC. The van der Waals surface area contributed by atoms with Crippen molar-refractivity contribution in [2.45, 2.75) is 71.5 Å². The van der Waals surface area contributed by atoms with E-state index in [0.717, 1.165) is 38.5 Å². The van der Waals surface area contributed by atoms with Crippen LogP contribution in [0.1, 0.15) is 59.3 Å². The molecule has 2 nitrogen and oxygen atoms in total. The topological polar surface area (TPSA) is 40.5 Å². The summed E-state index contributed by atoms with van der Waals surface area (Å²) in [6.45, 7) is 6.24. The van der Waals surface area contributed by atoms with Crippen LogP contribution in [0.4, 0.5) is 0 Å². The average molecular weight is 202 g/mol. The molecule has 0 aromatic carbocycles. The van der Waals surface area contributed by atoms with E-state index in [4.69, 9.17) is 0 Å². The molecule has 0 heterocycles. The fourth-order valence-corrected chi connectivity index (χ4v) is 1.99. The summed E-state index contributed by atoms with van der Waals surface area (Å²) in [7, 11) is 0. The Bertz CT molecular complexity index is 113. The Morgan fingerprint density at radius 1 is 0.714 bits per heavy atom. The molecule has 2 heteroatoms. The van der Waals surface area contributed by atoms with E-state index in [9.17, 15) is 10.2 Å². The molecule has 2 N–H and O–H groups in total. The maximum absolute atomic E-state index is 9.88. The Kier molecular flexibility index (Phi) is 8.20. The van der Waals surface area contributed by atoms with E-state index < -0.39 is 0 Å². The van der Waals surface area contributed by atoms with Gasteiger partial charge in [-0.1, -0.05) is 40.0 Å². The van der Waals surface area contributed by atoms with E-state index in [1.54, 1.807) is 0 Å². The quantitative estimate of drug-likeness (QED) is 0.635. The van der Waals surface area contributed by atoms with Gasteiger partial charge in [0.15, 0.2) is 0 Å². The molecule has 0 fully saturated rings. The first-order valence-corrected chi connectivity index (χ1v) is 6.03. The second-order valence-electron chi connectivity index (χ2n) is 4.16. The molecule has 0 amide bonds. The second-order valence-corrected chi connectivity index (χ2v) is 4.16. The molecule has 0 aromatic rings. The van der Waals surface area contributed by atoms with Gasteiger partial charge >= 0.3 is 0 Å². The monoisotopic (exact) mass is 202 g/mol. The number of aliphatic hydroxyl groups is 2.